The Morgan fingerprint density at radius 3 is 2.83 bits per heavy atom. The molecule has 0 aliphatic carbocycles. The van der Waals surface area contributed by atoms with Gasteiger partial charge in [0.15, 0.2) is 5.78 Å². The lowest BCUT2D eigenvalue weighted by atomic mass is 10.0. The highest BCUT2D eigenvalue weighted by Crippen LogP contribution is 2.34. The zero-order valence-corrected chi connectivity index (χ0v) is 16.9. The zero-order valence-electron chi connectivity index (χ0n) is 15.3. The normalized spacial score (nSPS) is 23.0. The van der Waals surface area contributed by atoms with Crippen molar-refractivity contribution < 1.29 is 22.7 Å². The maximum absolute atomic E-state index is 13.3. The topological polar surface area (TPSA) is 123 Å². The smallest absolute Gasteiger partial charge is 0.410 e. The number of hydrogen-bond donors (Lipinski definition) is 1. The Bertz CT molecular complexity index is 1090. The van der Waals surface area contributed by atoms with Crippen molar-refractivity contribution in [2.75, 3.05) is 26.2 Å². The van der Waals surface area contributed by atoms with Gasteiger partial charge in [-0.2, -0.15) is 4.31 Å². The number of ether oxygens (including phenoxy) is 1. The summed E-state index contributed by atoms with van der Waals surface area (Å²) >= 11 is 6.22. The fourth-order valence-electron chi connectivity index (χ4n) is 3.79. The first-order chi connectivity index (χ1) is 13.8. The molecule has 2 aliphatic heterocycles. The monoisotopic (exact) mass is 438 g/mol. The highest BCUT2D eigenvalue weighted by Gasteiger charge is 2.44. The van der Waals surface area contributed by atoms with E-state index in [1.807, 2.05) is 0 Å². The maximum atomic E-state index is 13.3. The molecule has 2 aliphatic rings. The molecule has 0 saturated carbocycles. The second kappa shape index (κ2) is 7.52. The van der Waals surface area contributed by atoms with Crippen LogP contribution in [0.25, 0.3) is 10.8 Å². The fraction of sp³-hybridized carbons (Fsp3) is 0.389. The van der Waals surface area contributed by atoms with Gasteiger partial charge in [-0.1, -0.05) is 23.7 Å². The van der Waals surface area contributed by atoms with E-state index >= 15 is 0 Å². The Hall–Kier alpha value is -2.27. The van der Waals surface area contributed by atoms with Crippen molar-refractivity contribution >= 4 is 44.3 Å². The van der Waals surface area contributed by atoms with Crippen LogP contribution in [0.5, 0.6) is 0 Å². The molecule has 1 aromatic carbocycles. The molecule has 1 unspecified atom stereocenters. The number of ketones is 1. The Balaban J connectivity index is 1.61. The van der Waals surface area contributed by atoms with Crippen LogP contribution in [0.15, 0.2) is 35.5 Å². The van der Waals surface area contributed by atoms with Gasteiger partial charge in [-0.15, -0.1) is 0 Å². The summed E-state index contributed by atoms with van der Waals surface area (Å²) in [7, 11) is -4.00. The molecular weight excluding hydrogens is 420 g/mol. The predicted molar refractivity (Wildman–Crippen MR) is 105 cm³/mol. The molecule has 2 N–H and O–H groups in total. The van der Waals surface area contributed by atoms with E-state index in [0.717, 1.165) is 4.31 Å². The first kappa shape index (κ1) is 20.0. The van der Waals surface area contributed by atoms with Crippen LogP contribution >= 0.6 is 11.6 Å². The van der Waals surface area contributed by atoms with Crippen LogP contribution in [-0.4, -0.2) is 66.9 Å². The molecule has 9 nitrogen and oxygen atoms in total. The first-order valence-electron chi connectivity index (χ1n) is 9.05. The average Bonchev–Trinajstić information content (AvgIpc) is 3.27. The summed E-state index contributed by atoms with van der Waals surface area (Å²) in [6.07, 6.45) is 1.62. The maximum Gasteiger partial charge on any atom is 0.410 e. The number of hydrogen-bond acceptors (Lipinski definition) is 7. The summed E-state index contributed by atoms with van der Waals surface area (Å²) < 4.78 is 32.6. The minimum Gasteiger partial charge on any atom is -0.448 e. The van der Waals surface area contributed by atoms with E-state index < -0.39 is 28.2 Å². The van der Waals surface area contributed by atoms with Crippen molar-refractivity contribution in [2.24, 2.45) is 11.7 Å². The molecule has 0 radical (unpaired) electrons. The quantitative estimate of drug-likeness (QED) is 0.744. The third-order valence-electron chi connectivity index (χ3n) is 5.30. The fourth-order valence-corrected chi connectivity index (χ4v) is 5.92. The molecule has 0 bridgehead atoms. The Kier molecular flexibility index (Phi) is 5.19. The number of fused-ring (bicyclic) bond motifs is 1. The summed E-state index contributed by atoms with van der Waals surface area (Å²) in [6.45, 7) is 0.525. The van der Waals surface area contributed by atoms with E-state index in [-0.39, 0.29) is 41.8 Å². The van der Waals surface area contributed by atoms with Gasteiger partial charge in [-0.25, -0.2) is 13.2 Å². The van der Waals surface area contributed by atoms with Gasteiger partial charge >= 0.3 is 6.09 Å². The van der Waals surface area contributed by atoms with Crippen molar-refractivity contribution in [3.8, 4) is 0 Å². The lowest BCUT2D eigenvalue weighted by molar-refractivity contribution is -0.123. The highest BCUT2D eigenvalue weighted by molar-refractivity contribution is 7.89. The molecule has 2 atom stereocenters. The van der Waals surface area contributed by atoms with Gasteiger partial charge in [0.25, 0.3) is 0 Å². The van der Waals surface area contributed by atoms with Crippen molar-refractivity contribution in [2.45, 2.75) is 17.5 Å². The molecule has 1 aromatic heterocycles. The predicted octanol–water partition coefficient (Wildman–Crippen LogP) is 1.20. The van der Waals surface area contributed by atoms with E-state index in [4.69, 9.17) is 22.1 Å². The number of sulfonamides is 1. The number of aromatic nitrogens is 1. The molecule has 11 heteroatoms. The van der Waals surface area contributed by atoms with Gasteiger partial charge in [0.1, 0.15) is 6.61 Å². The van der Waals surface area contributed by atoms with Gasteiger partial charge in [0, 0.05) is 29.7 Å². The number of rotatable bonds is 5. The summed E-state index contributed by atoms with van der Waals surface area (Å²) in [5.41, 5.74) is 6.18. The van der Waals surface area contributed by atoms with Crippen LogP contribution in [-0.2, 0) is 19.6 Å². The standard InChI is InChI=1S/C18H19ClN4O5S/c19-13-9-21-8-11-2-1-3-15(16(11)13)29(26,27)23-5-4-12(17(23)20)14(24)10-22-6-7-28-18(22)25/h1-3,8-9,12,17H,4-7,10,20H2/t12?,17-/m0/s1. The molecule has 2 fully saturated rings. The number of Topliss-reactive ketones (excluding diaryl/α,β-unsaturated/α-hetero) is 1. The largest absolute Gasteiger partial charge is 0.448 e. The first-order valence-corrected chi connectivity index (χ1v) is 10.9. The van der Waals surface area contributed by atoms with Gasteiger partial charge in [-0.3, -0.25) is 14.7 Å². The van der Waals surface area contributed by atoms with Gasteiger partial charge < -0.3 is 10.5 Å². The molecule has 154 valence electrons. The van der Waals surface area contributed by atoms with Crippen molar-refractivity contribution in [3.63, 3.8) is 0 Å². The van der Waals surface area contributed by atoms with Crippen LogP contribution in [0, 0.1) is 5.92 Å². The number of amides is 1. The van der Waals surface area contributed by atoms with Crippen molar-refractivity contribution in [1.82, 2.24) is 14.2 Å². The minimum atomic E-state index is -4.00. The summed E-state index contributed by atoms with van der Waals surface area (Å²) in [6, 6.07) is 4.79. The van der Waals surface area contributed by atoms with Crippen LogP contribution in [0.1, 0.15) is 6.42 Å². The molecule has 4 rings (SSSR count). The van der Waals surface area contributed by atoms with E-state index in [1.165, 1.54) is 23.4 Å². The molecule has 1 amide bonds. The van der Waals surface area contributed by atoms with Crippen LogP contribution in [0.4, 0.5) is 4.79 Å². The average molecular weight is 439 g/mol. The van der Waals surface area contributed by atoms with Crippen LogP contribution < -0.4 is 5.73 Å². The molecular formula is C18H19ClN4O5S. The molecule has 2 aromatic rings. The minimum absolute atomic E-state index is 0.0223. The second-order valence-corrected chi connectivity index (χ2v) is 9.25. The van der Waals surface area contributed by atoms with Crippen LogP contribution in [0.2, 0.25) is 5.02 Å². The molecule has 0 spiro atoms. The third-order valence-corrected chi connectivity index (χ3v) is 7.52. The number of cyclic esters (lactones) is 1. The van der Waals surface area contributed by atoms with E-state index in [1.54, 1.807) is 12.1 Å². The lowest BCUT2D eigenvalue weighted by Gasteiger charge is -2.25. The Morgan fingerprint density at radius 1 is 1.31 bits per heavy atom. The Labute approximate surface area is 172 Å². The number of halogens is 1. The number of nitrogens with zero attached hydrogens (tertiary/aromatic N) is 3. The highest BCUT2D eigenvalue weighted by atomic mass is 35.5. The summed E-state index contributed by atoms with van der Waals surface area (Å²) in [5, 5.41) is 1.17. The molecule has 2 saturated heterocycles. The lowest BCUT2D eigenvalue weighted by Crippen LogP contribution is -2.47. The number of benzene rings is 1. The second-order valence-electron chi connectivity index (χ2n) is 6.98. The van der Waals surface area contributed by atoms with Crippen molar-refractivity contribution in [1.29, 1.82) is 0 Å². The van der Waals surface area contributed by atoms with E-state index in [2.05, 4.69) is 4.98 Å². The Morgan fingerprint density at radius 2 is 2.10 bits per heavy atom. The molecule has 29 heavy (non-hydrogen) atoms. The van der Waals surface area contributed by atoms with Gasteiger partial charge in [0.2, 0.25) is 10.0 Å². The summed E-state index contributed by atoms with van der Waals surface area (Å²) in [4.78, 5) is 29.5. The molecule has 3 heterocycles. The summed E-state index contributed by atoms with van der Waals surface area (Å²) in [5.74, 6) is -0.987. The van der Waals surface area contributed by atoms with Crippen LogP contribution in [0.3, 0.4) is 0 Å². The number of pyridine rings is 1. The number of carbonyl (C=O) groups is 2. The SMILES string of the molecule is N[C@@H]1C(C(=O)CN2CCOC2=O)CCN1S(=O)(=O)c1cccc2cncc(Cl)c12. The number of nitrogens with two attached hydrogens (primary N) is 1. The number of carbonyl (C=O) groups excluding carboxylic acids is 2. The van der Waals surface area contributed by atoms with E-state index in [9.17, 15) is 18.0 Å². The van der Waals surface area contributed by atoms with E-state index in [0.29, 0.717) is 17.3 Å². The third kappa shape index (κ3) is 3.46. The zero-order chi connectivity index (χ0) is 20.8. The van der Waals surface area contributed by atoms with Gasteiger partial charge in [-0.05, 0) is 12.5 Å². The van der Waals surface area contributed by atoms with Crippen molar-refractivity contribution in [3.05, 3.63) is 35.6 Å². The van der Waals surface area contributed by atoms with Gasteiger partial charge in [0.05, 0.1) is 35.1 Å².